The summed E-state index contributed by atoms with van der Waals surface area (Å²) in [5.74, 6) is 1.69. The van der Waals surface area contributed by atoms with Gasteiger partial charge in [-0.05, 0) is 19.8 Å². The van der Waals surface area contributed by atoms with E-state index in [0.717, 1.165) is 49.9 Å². The minimum Gasteiger partial charge on any atom is -0.383 e. The number of methoxy groups -OCH3 is 1. The zero-order valence-electron chi connectivity index (χ0n) is 12.6. The summed E-state index contributed by atoms with van der Waals surface area (Å²) in [6.07, 6.45) is 2.20. The maximum atomic E-state index is 5.03. The second-order valence-corrected chi connectivity index (χ2v) is 4.60. The van der Waals surface area contributed by atoms with Crippen molar-refractivity contribution >= 4 is 11.8 Å². The maximum Gasteiger partial charge on any atom is 0.227 e. The minimum absolute atomic E-state index is 0.673. The first-order chi connectivity index (χ1) is 9.21. The van der Waals surface area contributed by atoms with E-state index in [0.29, 0.717) is 6.61 Å². The monoisotopic (exact) mass is 266 g/mol. The van der Waals surface area contributed by atoms with Crippen LogP contribution in [-0.2, 0) is 4.74 Å². The third kappa shape index (κ3) is 5.42. The van der Waals surface area contributed by atoms with Crippen LogP contribution in [0.2, 0.25) is 0 Å². The van der Waals surface area contributed by atoms with Crippen LogP contribution in [0.5, 0.6) is 0 Å². The molecule has 0 bridgehead atoms. The Morgan fingerprint density at radius 2 is 1.89 bits per heavy atom. The molecule has 1 N–H and O–H groups in total. The molecular weight excluding hydrogens is 240 g/mol. The summed E-state index contributed by atoms with van der Waals surface area (Å²) in [6, 6.07) is 1.97. The van der Waals surface area contributed by atoms with Crippen LogP contribution in [0.4, 0.5) is 11.8 Å². The molecule has 1 aromatic rings. The largest absolute Gasteiger partial charge is 0.383 e. The number of ether oxygens (including phenoxy) is 1. The van der Waals surface area contributed by atoms with Crippen LogP contribution in [0.25, 0.3) is 0 Å². The molecule has 0 aliphatic heterocycles. The summed E-state index contributed by atoms with van der Waals surface area (Å²) in [5.41, 5.74) is 0.988. The highest BCUT2D eigenvalue weighted by Gasteiger charge is 2.09. The van der Waals surface area contributed by atoms with Crippen LogP contribution < -0.4 is 10.2 Å². The fourth-order valence-electron chi connectivity index (χ4n) is 1.92. The van der Waals surface area contributed by atoms with Crippen LogP contribution in [0.15, 0.2) is 6.07 Å². The lowest BCUT2D eigenvalue weighted by molar-refractivity contribution is 0.210. The number of nitrogens with one attached hydrogen (secondary N) is 1. The summed E-state index contributed by atoms with van der Waals surface area (Å²) >= 11 is 0. The van der Waals surface area contributed by atoms with E-state index in [2.05, 4.69) is 34.0 Å². The summed E-state index contributed by atoms with van der Waals surface area (Å²) in [7, 11) is 1.70. The number of nitrogens with zero attached hydrogens (tertiary/aromatic N) is 3. The Labute approximate surface area is 116 Å². The molecule has 19 heavy (non-hydrogen) atoms. The molecule has 0 amide bonds. The lowest BCUT2D eigenvalue weighted by atomic mass is 10.3. The van der Waals surface area contributed by atoms with Crippen molar-refractivity contribution in [3.05, 3.63) is 11.8 Å². The van der Waals surface area contributed by atoms with Crippen molar-refractivity contribution in [3.8, 4) is 0 Å². The molecule has 0 fully saturated rings. The average Bonchev–Trinajstić information content (AvgIpc) is 2.38. The molecule has 0 aliphatic rings. The smallest absolute Gasteiger partial charge is 0.227 e. The molecule has 1 rings (SSSR count). The molecule has 0 radical (unpaired) electrons. The molecule has 1 aromatic heterocycles. The SMILES string of the molecule is CCCN(CCC)c1nc(C)cc(NCCOC)n1. The van der Waals surface area contributed by atoms with Gasteiger partial charge in [-0.25, -0.2) is 4.98 Å². The highest BCUT2D eigenvalue weighted by atomic mass is 16.5. The average molecular weight is 266 g/mol. The Balaban J connectivity index is 2.80. The number of anilines is 2. The molecule has 0 atom stereocenters. The van der Waals surface area contributed by atoms with E-state index in [1.54, 1.807) is 7.11 Å². The first kappa shape index (κ1) is 15.7. The molecule has 5 heteroatoms. The van der Waals surface area contributed by atoms with Crippen molar-refractivity contribution in [3.63, 3.8) is 0 Å². The Bertz CT molecular complexity index is 364. The third-order valence-electron chi connectivity index (χ3n) is 2.72. The van der Waals surface area contributed by atoms with E-state index in [9.17, 15) is 0 Å². The van der Waals surface area contributed by atoms with Crippen LogP contribution in [0.1, 0.15) is 32.4 Å². The Hall–Kier alpha value is -1.36. The maximum absolute atomic E-state index is 5.03. The molecular formula is C14H26N4O. The molecule has 1 heterocycles. The van der Waals surface area contributed by atoms with Crippen LogP contribution in [-0.4, -0.2) is 43.3 Å². The van der Waals surface area contributed by atoms with Gasteiger partial charge in [-0.15, -0.1) is 0 Å². The van der Waals surface area contributed by atoms with E-state index in [1.807, 2.05) is 13.0 Å². The molecule has 0 saturated carbocycles. The predicted molar refractivity (Wildman–Crippen MR) is 79.9 cm³/mol. The van der Waals surface area contributed by atoms with Crippen molar-refractivity contribution in [1.29, 1.82) is 0 Å². The van der Waals surface area contributed by atoms with Gasteiger partial charge in [-0.1, -0.05) is 13.8 Å². The fraction of sp³-hybridized carbons (Fsp3) is 0.714. The Kier molecular flexibility index (Phi) is 7.18. The standard InChI is InChI=1S/C14H26N4O/c1-5-8-18(9-6-2)14-16-12(3)11-13(17-14)15-7-10-19-4/h11H,5-10H2,1-4H3,(H,15,16,17). The number of rotatable bonds is 9. The van der Waals surface area contributed by atoms with Crippen molar-refractivity contribution in [2.45, 2.75) is 33.6 Å². The molecule has 0 unspecified atom stereocenters. The number of aryl methyl sites for hydroxylation is 1. The minimum atomic E-state index is 0.673. The lowest BCUT2D eigenvalue weighted by Gasteiger charge is -2.22. The zero-order valence-corrected chi connectivity index (χ0v) is 12.6. The molecule has 0 aliphatic carbocycles. The molecule has 0 aromatic carbocycles. The van der Waals surface area contributed by atoms with E-state index >= 15 is 0 Å². The third-order valence-corrected chi connectivity index (χ3v) is 2.72. The Morgan fingerprint density at radius 1 is 1.21 bits per heavy atom. The second-order valence-electron chi connectivity index (χ2n) is 4.60. The fourth-order valence-corrected chi connectivity index (χ4v) is 1.92. The molecule has 0 saturated heterocycles. The highest BCUT2D eigenvalue weighted by Crippen LogP contribution is 2.14. The van der Waals surface area contributed by atoms with Gasteiger partial charge < -0.3 is 15.0 Å². The van der Waals surface area contributed by atoms with E-state index in [1.165, 1.54) is 0 Å². The quantitative estimate of drug-likeness (QED) is 0.696. The number of hydrogen-bond acceptors (Lipinski definition) is 5. The predicted octanol–water partition coefficient (Wildman–Crippen LogP) is 2.47. The van der Waals surface area contributed by atoms with Gasteiger partial charge in [0.2, 0.25) is 5.95 Å². The van der Waals surface area contributed by atoms with Gasteiger partial charge in [0.05, 0.1) is 6.61 Å². The van der Waals surface area contributed by atoms with E-state index in [4.69, 9.17) is 4.74 Å². The summed E-state index contributed by atoms with van der Waals surface area (Å²) in [5, 5.41) is 3.26. The molecule has 5 nitrogen and oxygen atoms in total. The molecule has 0 spiro atoms. The van der Waals surface area contributed by atoms with E-state index in [-0.39, 0.29) is 0 Å². The van der Waals surface area contributed by atoms with Crippen molar-refractivity contribution in [2.75, 3.05) is 43.6 Å². The summed E-state index contributed by atoms with van der Waals surface area (Å²) in [4.78, 5) is 11.4. The van der Waals surface area contributed by atoms with E-state index < -0.39 is 0 Å². The zero-order chi connectivity index (χ0) is 14.1. The highest BCUT2D eigenvalue weighted by molar-refractivity contribution is 5.43. The van der Waals surface area contributed by atoms with Crippen LogP contribution in [0.3, 0.4) is 0 Å². The first-order valence-corrected chi connectivity index (χ1v) is 7.04. The Morgan fingerprint density at radius 3 is 2.47 bits per heavy atom. The summed E-state index contributed by atoms with van der Waals surface area (Å²) in [6.45, 7) is 9.78. The topological polar surface area (TPSA) is 50.3 Å². The molecule has 108 valence electrons. The second kappa shape index (κ2) is 8.69. The normalized spacial score (nSPS) is 10.5. The van der Waals surface area contributed by atoms with Crippen LogP contribution >= 0.6 is 0 Å². The lowest BCUT2D eigenvalue weighted by Crippen LogP contribution is -2.27. The van der Waals surface area contributed by atoms with Gasteiger partial charge in [0.15, 0.2) is 0 Å². The van der Waals surface area contributed by atoms with Crippen molar-refractivity contribution in [2.24, 2.45) is 0 Å². The van der Waals surface area contributed by atoms with Gasteiger partial charge in [-0.2, -0.15) is 4.98 Å². The van der Waals surface area contributed by atoms with Gasteiger partial charge in [0.1, 0.15) is 5.82 Å². The number of hydrogen-bond donors (Lipinski definition) is 1. The van der Waals surface area contributed by atoms with Crippen molar-refractivity contribution < 1.29 is 4.74 Å². The van der Waals surface area contributed by atoms with Gasteiger partial charge >= 0.3 is 0 Å². The van der Waals surface area contributed by atoms with Crippen molar-refractivity contribution in [1.82, 2.24) is 9.97 Å². The van der Waals surface area contributed by atoms with Gasteiger partial charge in [0, 0.05) is 38.5 Å². The van der Waals surface area contributed by atoms with Crippen LogP contribution in [0, 0.1) is 6.92 Å². The van der Waals surface area contributed by atoms with Gasteiger partial charge in [-0.3, -0.25) is 0 Å². The summed E-state index contributed by atoms with van der Waals surface area (Å²) < 4.78 is 5.03. The first-order valence-electron chi connectivity index (χ1n) is 7.04. The number of aromatic nitrogens is 2. The van der Waals surface area contributed by atoms with Gasteiger partial charge in [0.25, 0.3) is 0 Å².